The van der Waals surface area contributed by atoms with E-state index in [0.717, 1.165) is 25.3 Å². The molecule has 0 spiro atoms. The van der Waals surface area contributed by atoms with Gasteiger partial charge in [0.1, 0.15) is 12.4 Å². The predicted octanol–water partition coefficient (Wildman–Crippen LogP) is 3.19. The van der Waals surface area contributed by atoms with Crippen LogP contribution in [0.1, 0.15) is 12.0 Å². The van der Waals surface area contributed by atoms with Crippen molar-refractivity contribution in [1.29, 1.82) is 0 Å². The molecular formula is C14H16ClNO. The molecule has 0 saturated heterocycles. The van der Waals surface area contributed by atoms with Crippen LogP contribution in [0.5, 0.6) is 5.75 Å². The summed E-state index contributed by atoms with van der Waals surface area (Å²) < 4.78 is 5.49. The molecule has 2 rings (SSSR count). The second-order valence-corrected chi connectivity index (χ2v) is 4.13. The van der Waals surface area contributed by atoms with Gasteiger partial charge in [-0.25, -0.2) is 0 Å². The average molecular weight is 250 g/mol. The van der Waals surface area contributed by atoms with Gasteiger partial charge in [0, 0.05) is 12.1 Å². The van der Waals surface area contributed by atoms with Crippen molar-refractivity contribution in [2.45, 2.75) is 6.42 Å². The fourth-order valence-electron chi connectivity index (χ4n) is 1.83. The SMILES string of the molecule is Cl/C=C/COc1ccc(C2=CCNCC2)cc1. The molecule has 17 heavy (non-hydrogen) atoms. The van der Waals surface area contributed by atoms with Crippen LogP contribution in [0, 0.1) is 0 Å². The highest BCUT2D eigenvalue weighted by Gasteiger charge is 2.05. The Kier molecular flexibility index (Phi) is 4.65. The highest BCUT2D eigenvalue weighted by molar-refractivity contribution is 6.25. The third kappa shape index (κ3) is 3.62. The number of rotatable bonds is 4. The zero-order valence-electron chi connectivity index (χ0n) is 9.66. The van der Waals surface area contributed by atoms with E-state index in [2.05, 4.69) is 23.5 Å². The highest BCUT2D eigenvalue weighted by Crippen LogP contribution is 2.22. The van der Waals surface area contributed by atoms with Gasteiger partial charge in [-0.2, -0.15) is 0 Å². The molecule has 90 valence electrons. The van der Waals surface area contributed by atoms with Gasteiger partial charge < -0.3 is 10.1 Å². The molecule has 1 aromatic carbocycles. The summed E-state index contributed by atoms with van der Waals surface area (Å²) in [4.78, 5) is 0. The minimum absolute atomic E-state index is 0.509. The maximum absolute atomic E-state index is 5.49. The van der Waals surface area contributed by atoms with Gasteiger partial charge in [-0.3, -0.25) is 0 Å². The Balaban J connectivity index is 1.99. The minimum Gasteiger partial charge on any atom is -0.490 e. The zero-order chi connectivity index (χ0) is 11.9. The lowest BCUT2D eigenvalue weighted by Gasteiger charge is -2.14. The second kappa shape index (κ2) is 6.48. The first-order valence-electron chi connectivity index (χ1n) is 5.78. The molecule has 1 heterocycles. The van der Waals surface area contributed by atoms with Gasteiger partial charge in [-0.1, -0.05) is 29.8 Å². The fourth-order valence-corrected chi connectivity index (χ4v) is 1.90. The molecule has 1 aromatic rings. The Morgan fingerprint density at radius 3 is 2.76 bits per heavy atom. The van der Waals surface area contributed by atoms with E-state index in [-0.39, 0.29) is 0 Å². The predicted molar refractivity (Wildman–Crippen MR) is 72.4 cm³/mol. The molecule has 0 aromatic heterocycles. The van der Waals surface area contributed by atoms with Crippen LogP contribution >= 0.6 is 11.6 Å². The summed E-state index contributed by atoms with van der Waals surface area (Å²) >= 11 is 5.42. The molecule has 3 heteroatoms. The molecular weight excluding hydrogens is 234 g/mol. The summed E-state index contributed by atoms with van der Waals surface area (Å²) in [6.07, 6.45) is 5.11. The fraction of sp³-hybridized carbons (Fsp3) is 0.286. The average Bonchev–Trinajstić information content (AvgIpc) is 2.41. The number of nitrogens with one attached hydrogen (secondary N) is 1. The summed E-state index contributed by atoms with van der Waals surface area (Å²) in [6, 6.07) is 8.22. The van der Waals surface area contributed by atoms with Crippen LogP contribution < -0.4 is 10.1 Å². The topological polar surface area (TPSA) is 21.3 Å². The number of benzene rings is 1. The Morgan fingerprint density at radius 1 is 1.29 bits per heavy atom. The summed E-state index contributed by atoms with van der Waals surface area (Å²) in [5.74, 6) is 0.873. The summed E-state index contributed by atoms with van der Waals surface area (Å²) in [6.45, 7) is 2.54. The molecule has 1 N–H and O–H groups in total. The first kappa shape index (κ1) is 12.2. The lowest BCUT2D eigenvalue weighted by atomic mass is 10.0. The van der Waals surface area contributed by atoms with Gasteiger partial charge in [-0.05, 0) is 42.3 Å². The Labute approximate surface area is 107 Å². The minimum atomic E-state index is 0.509. The molecule has 1 aliphatic rings. The van der Waals surface area contributed by atoms with E-state index in [9.17, 15) is 0 Å². The van der Waals surface area contributed by atoms with Crippen molar-refractivity contribution in [3.05, 3.63) is 47.5 Å². The van der Waals surface area contributed by atoms with Crippen LogP contribution in [0.3, 0.4) is 0 Å². The van der Waals surface area contributed by atoms with E-state index >= 15 is 0 Å². The van der Waals surface area contributed by atoms with Crippen molar-refractivity contribution in [3.63, 3.8) is 0 Å². The summed E-state index contributed by atoms with van der Waals surface area (Å²) in [5, 5.41) is 3.31. The molecule has 0 amide bonds. The van der Waals surface area contributed by atoms with E-state index in [1.54, 1.807) is 6.08 Å². The van der Waals surface area contributed by atoms with Crippen molar-refractivity contribution in [2.75, 3.05) is 19.7 Å². The Morgan fingerprint density at radius 2 is 2.12 bits per heavy atom. The first-order chi connectivity index (χ1) is 8.40. The molecule has 2 nitrogen and oxygen atoms in total. The van der Waals surface area contributed by atoms with Gasteiger partial charge in [0.05, 0.1) is 0 Å². The van der Waals surface area contributed by atoms with Gasteiger partial charge >= 0.3 is 0 Å². The first-order valence-corrected chi connectivity index (χ1v) is 6.22. The van der Waals surface area contributed by atoms with Gasteiger partial charge in [0.15, 0.2) is 0 Å². The van der Waals surface area contributed by atoms with Crippen LogP contribution in [0.25, 0.3) is 5.57 Å². The lowest BCUT2D eigenvalue weighted by molar-refractivity contribution is 0.363. The second-order valence-electron chi connectivity index (χ2n) is 3.88. The molecule has 1 aliphatic heterocycles. The number of hydrogen-bond donors (Lipinski definition) is 1. The number of ether oxygens (including phenoxy) is 1. The van der Waals surface area contributed by atoms with Crippen LogP contribution in [-0.2, 0) is 0 Å². The van der Waals surface area contributed by atoms with Crippen LogP contribution in [0.15, 0.2) is 42.0 Å². The third-order valence-electron chi connectivity index (χ3n) is 2.72. The summed E-state index contributed by atoms with van der Waals surface area (Å²) in [5.41, 5.74) is 4.16. The van der Waals surface area contributed by atoms with E-state index in [0.29, 0.717) is 6.61 Å². The van der Waals surface area contributed by atoms with Gasteiger partial charge in [-0.15, -0.1) is 0 Å². The molecule has 0 saturated carbocycles. The standard InChI is InChI=1S/C14H16ClNO/c15-8-1-11-17-14-4-2-12(3-5-14)13-6-9-16-10-7-13/h1-6,8,16H,7,9-11H2/b8-1+. The summed E-state index contributed by atoms with van der Waals surface area (Å²) in [7, 11) is 0. The Bertz CT molecular complexity index is 409. The lowest BCUT2D eigenvalue weighted by Crippen LogP contribution is -2.19. The molecule has 0 atom stereocenters. The van der Waals surface area contributed by atoms with Crippen LogP contribution in [-0.4, -0.2) is 19.7 Å². The van der Waals surface area contributed by atoms with Crippen molar-refractivity contribution in [3.8, 4) is 5.75 Å². The van der Waals surface area contributed by atoms with Crippen LogP contribution in [0.2, 0.25) is 0 Å². The normalized spacial score (nSPS) is 15.9. The van der Waals surface area contributed by atoms with Gasteiger partial charge in [0.2, 0.25) is 0 Å². The van der Waals surface area contributed by atoms with Gasteiger partial charge in [0.25, 0.3) is 0 Å². The van der Waals surface area contributed by atoms with Crippen molar-refractivity contribution in [1.82, 2.24) is 5.32 Å². The number of halogens is 1. The maximum atomic E-state index is 5.49. The largest absolute Gasteiger partial charge is 0.490 e. The Hall–Kier alpha value is -1.25. The van der Waals surface area contributed by atoms with E-state index in [1.165, 1.54) is 16.7 Å². The van der Waals surface area contributed by atoms with E-state index in [4.69, 9.17) is 16.3 Å². The highest BCUT2D eigenvalue weighted by atomic mass is 35.5. The quantitative estimate of drug-likeness (QED) is 0.885. The maximum Gasteiger partial charge on any atom is 0.119 e. The van der Waals surface area contributed by atoms with E-state index < -0.39 is 0 Å². The molecule has 0 aliphatic carbocycles. The smallest absolute Gasteiger partial charge is 0.119 e. The molecule has 0 bridgehead atoms. The van der Waals surface area contributed by atoms with Crippen molar-refractivity contribution >= 4 is 17.2 Å². The van der Waals surface area contributed by atoms with Crippen LogP contribution in [0.4, 0.5) is 0 Å². The number of hydrogen-bond acceptors (Lipinski definition) is 2. The molecule has 0 unspecified atom stereocenters. The third-order valence-corrected chi connectivity index (χ3v) is 2.90. The van der Waals surface area contributed by atoms with E-state index in [1.807, 2.05) is 12.1 Å². The van der Waals surface area contributed by atoms with Crippen molar-refractivity contribution < 1.29 is 4.74 Å². The zero-order valence-corrected chi connectivity index (χ0v) is 10.4. The molecule has 0 radical (unpaired) electrons. The monoisotopic (exact) mass is 249 g/mol. The van der Waals surface area contributed by atoms with Crippen molar-refractivity contribution in [2.24, 2.45) is 0 Å². The molecule has 0 fully saturated rings.